The maximum Gasteiger partial charge on any atom is 0.192 e. The summed E-state index contributed by atoms with van der Waals surface area (Å²) >= 11 is 0. The van der Waals surface area contributed by atoms with Gasteiger partial charge in [-0.05, 0) is 93.2 Å². The van der Waals surface area contributed by atoms with E-state index in [2.05, 4.69) is 61.6 Å². The summed E-state index contributed by atoms with van der Waals surface area (Å²) < 4.78 is 13.5. The Kier molecular flexibility index (Phi) is 3.96. The first kappa shape index (κ1) is 18.5. The second-order valence-corrected chi connectivity index (χ2v) is 17.0. The van der Waals surface area contributed by atoms with E-state index in [0.717, 1.165) is 35.5 Å². The lowest BCUT2D eigenvalue weighted by atomic mass is 9.88. The molecule has 0 aromatic rings. The number of hydrogen-bond acceptors (Lipinski definition) is 2. The highest BCUT2D eigenvalue weighted by Gasteiger charge is 2.79. The maximum atomic E-state index is 6.96. The fourth-order valence-electron chi connectivity index (χ4n) is 6.53. The van der Waals surface area contributed by atoms with Crippen molar-refractivity contribution >= 4 is 8.32 Å². The fourth-order valence-corrected chi connectivity index (χ4v) is 7.97. The van der Waals surface area contributed by atoms with Crippen LogP contribution in [0.3, 0.4) is 0 Å². The predicted octanol–water partition coefficient (Wildman–Crippen LogP) is 5.73. The minimum atomic E-state index is -1.69. The van der Waals surface area contributed by atoms with Crippen molar-refractivity contribution in [2.24, 2.45) is 41.4 Å². The minimum absolute atomic E-state index is 0.00109. The first-order valence-electron chi connectivity index (χ1n) is 10.7. The van der Waals surface area contributed by atoms with Crippen LogP contribution in [-0.2, 0) is 9.16 Å². The van der Waals surface area contributed by atoms with Crippen molar-refractivity contribution in [3.63, 3.8) is 0 Å². The summed E-state index contributed by atoms with van der Waals surface area (Å²) in [7, 11) is -1.69. The van der Waals surface area contributed by atoms with Gasteiger partial charge >= 0.3 is 0 Å². The fraction of sp³-hybridized carbons (Fsp3) is 1.00. The molecule has 0 unspecified atom stereocenters. The molecule has 0 aromatic carbocycles. The third-order valence-corrected chi connectivity index (χ3v) is 13.0. The Morgan fingerprint density at radius 3 is 1.88 bits per heavy atom. The SMILES string of the molecule is C[C@H]1C[C@@H]2[C@@H]3[C@H](C[C@@H]1O[Si](C)(C)C(C)(C)C)[C@@H]1[C@H]2[C@H]1[C@H]3OC(C)(C)C. The zero-order chi connectivity index (χ0) is 18.5. The Balaban J connectivity index is 1.51. The molecule has 3 heteroatoms. The Labute approximate surface area is 156 Å². The number of hydrogen-bond donors (Lipinski definition) is 0. The van der Waals surface area contributed by atoms with Gasteiger partial charge in [-0.15, -0.1) is 0 Å². The average Bonchev–Trinajstić information content (AvgIpc) is 2.89. The molecule has 0 heterocycles. The van der Waals surface area contributed by atoms with E-state index in [-0.39, 0.29) is 5.60 Å². The second-order valence-electron chi connectivity index (χ2n) is 12.2. The highest BCUT2D eigenvalue weighted by Crippen LogP contribution is 2.79. The van der Waals surface area contributed by atoms with Crippen LogP contribution in [0.5, 0.6) is 0 Å². The lowest BCUT2D eigenvalue weighted by molar-refractivity contribution is -0.0834. The Hall–Kier alpha value is 0.137. The monoisotopic (exact) mass is 364 g/mol. The van der Waals surface area contributed by atoms with Gasteiger partial charge in [0.2, 0.25) is 0 Å². The Morgan fingerprint density at radius 2 is 1.36 bits per heavy atom. The molecule has 0 N–H and O–H groups in total. The molecule has 0 aromatic heterocycles. The summed E-state index contributed by atoms with van der Waals surface area (Å²) in [5.74, 6) is 6.20. The molecule has 5 aliphatic carbocycles. The number of rotatable bonds is 3. The molecule has 0 aliphatic heterocycles. The van der Waals surface area contributed by atoms with Crippen LogP contribution < -0.4 is 0 Å². The van der Waals surface area contributed by atoms with Crippen molar-refractivity contribution in [1.82, 2.24) is 0 Å². The maximum absolute atomic E-state index is 6.96. The van der Waals surface area contributed by atoms with E-state index in [1.54, 1.807) is 0 Å². The Morgan fingerprint density at radius 1 is 0.800 bits per heavy atom. The van der Waals surface area contributed by atoms with Crippen molar-refractivity contribution in [3.05, 3.63) is 0 Å². The van der Waals surface area contributed by atoms with Crippen molar-refractivity contribution < 1.29 is 9.16 Å². The van der Waals surface area contributed by atoms with Gasteiger partial charge in [-0.25, -0.2) is 0 Å². The van der Waals surface area contributed by atoms with Gasteiger partial charge in [-0.3, -0.25) is 0 Å². The van der Waals surface area contributed by atoms with Crippen LogP contribution in [-0.4, -0.2) is 26.1 Å². The molecular weight excluding hydrogens is 324 g/mol. The van der Waals surface area contributed by atoms with E-state index in [1.165, 1.54) is 12.8 Å². The molecule has 5 rings (SSSR count). The summed E-state index contributed by atoms with van der Waals surface area (Å²) in [4.78, 5) is 0. The summed E-state index contributed by atoms with van der Waals surface area (Å²) in [6, 6.07) is 0. The minimum Gasteiger partial charge on any atom is -0.414 e. The van der Waals surface area contributed by atoms with E-state index in [4.69, 9.17) is 9.16 Å². The van der Waals surface area contributed by atoms with E-state index in [1.807, 2.05) is 0 Å². The smallest absolute Gasteiger partial charge is 0.192 e. The molecule has 0 amide bonds. The molecule has 5 fully saturated rings. The van der Waals surface area contributed by atoms with E-state index >= 15 is 0 Å². The third kappa shape index (κ3) is 2.79. The highest BCUT2D eigenvalue weighted by molar-refractivity contribution is 6.74. The van der Waals surface area contributed by atoms with Gasteiger partial charge < -0.3 is 9.16 Å². The highest BCUT2D eigenvalue weighted by atomic mass is 28.4. The zero-order valence-corrected chi connectivity index (χ0v) is 18.9. The topological polar surface area (TPSA) is 18.5 Å². The van der Waals surface area contributed by atoms with Crippen LogP contribution in [0.2, 0.25) is 18.1 Å². The Bertz CT molecular complexity index is 543. The van der Waals surface area contributed by atoms with Crippen molar-refractivity contribution in [1.29, 1.82) is 0 Å². The van der Waals surface area contributed by atoms with Crippen molar-refractivity contribution in [3.8, 4) is 0 Å². The van der Waals surface area contributed by atoms with Gasteiger partial charge in [-0.1, -0.05) is 27.7 Å². The van der Waals surface area contributed by atoms with Crippen molar-refractivity contribution in [2.45, 2.75) is 97.2 Å². The van der Waals surface area contributed by atoms with E-state index in [0.29, 0.717) is 23.2 Å². The third-order valence-electron chi connectivity index (χ3n) is 8.45. The van der Waals surface area contributed by atoms with E-state index < -0.39 is 8.32 Å². The van der Waals surface area contributed by atoms with Crippen LogP contribution in [0.1, 0.15) is 61.3 Å². The summed E-state index contributed by atoms with van der Waals surface area (Å²) in [6.45, 7) is 21.1. The molecule has 0 spiro atoms. The van der Waals surface area contributed by atoms with Crippen molar-refractivity contribution in [2.75, 3.05) is 0 Å². The molecule has 25 heavy (non-hydrogen) atoms. The summed E-state index contributed by atoms with van der Waals surface area (Å²) in [6.07, 6.45) is 3.70. The van der Waals surface area contributed by atoms with Gasteiger partial charge in [0.1, 0.15) is 0 Å². The molecule has 5 saturated carbocycles. The van der Waals surface area contributed by atoms with Crippen LogP contribution in [0.15, 0.2) is 0 Å². The van der Waals surface area contributed by atoms with E-state index in [9.17, 15) is 0 Å². The first-order valence-corrected chi connectivity index (χ1v) is 13.6. The predicted molar refractivity (Wildman–Crippen MR) is 106 cm³/mol. The van der Waals surface area contributed by atoms with Gasteiger partial charge in [-0.2, -0.15) is 0 Å². The molecule has 5 aliphatic rings. The molecule has 6 bridgehead atoms. The summed E-state index contributed by atoms with van der Waals surface area (Å²) in [5.41, 5.74) is 0.00109. The molecule has 0 saturated heterocycles. The standard InChI is InChI=1S/C22H40O2Si/c1-12-10-13-16-14(11-15(12)24-25(8,9)22(5,6)7)18-17(13)19(18)20(16)23-21(2,3)4/h12-20H,10-11H2,1-9H3/t12-,13+,14-,15-,16+,17-,18+,19+,20-/m0/s1. The molecule has 2 nitrogen and oxygen atoms in total. The van der Waals surface area contributed by atoms with Crippen LogP contribution in [0.25, 0.3) is 0 Å². The second kappa shape index (κ2) is 5.35. The molecule has 0 radical (unpaired) electrons. The molecule has 9 atom stereocenters. The lowest BCUT2D eigenvalue weighted by Gasteiger charge is -2.41. The summed E-state index contributed by atoms with van der Waals surface area (Å²) in [5, 5.41) is 0.306. The largest absolute Gasteiger partial charge is 0.414 e. The first-order chi connectivity index (χ1) is 11.3. The normalized spacial score (nSPS) is 48.6. The van der Waals surface area contributed by atoms with Crippen LogP contribution in [0.4, 0.5) is 0 Å². The lowest BCUT2D eigenvalue weighted by Crippen LogP contribution is -2.46. The van der Waals surface area contributed by atoms with Crippen LogP contribution in [0, 0.1) is 41.4 Å². The van der Waals surface area contributed by atoms with Gasteiger partial charge in [0.15, 0.2) is 8.32 Å². The van der Waals surface area contributed by atoms with Gasteiger partial charge in [0.25, 0.3) is 0 Å². The quantitative estimate of drug-likeness (QED) is 0.596. The average molecular weight is 365 g/mol. The van der Waals surface area contributed by atoms with Gasteiger partial charge in [0.05, 0.1) is 11.7 Å². The van der Waals surface area contributed by atoms with Gasteiger partial charge in [0, 0.05) is 6.10 Å². The molecule has 144 valence electrons. The molecular formula is C22H40O2Si. The van der Waals surface area contributed by atoms with Crippen LogP contribution >= 0.6 is 0 Å². The number of ether oxygens (including phenoxy) is 1. The zero-order valence-electron chi connectivity index (χ0n) is 17.9.